The average Bonchev–Trinajstić information content (AvgIpc) is 2.28. The van der Waals surface area contributed by atoms with Crippen molar-refractivity contribution in [3.63, 3.8) is 0 Å². The molecular formula is C15H15NO. The molecule has 0 spiro atoms. The summed E-state index contributed by atoms with van der Waals surface area (Å²) < 4.78 is 0. The SMILES string of the molecule is Cc1cc(C)c(C(=O)c2ccccc2)c(N)c1. The van der Waals surface area contributed by atoms with E-state index in [1.807, 2.05) is 44.2 Å². The maximum absolute atomic E-state index is 12.3. The largest absolute Gasteiger partial charge is 0.398 e. The molecule has 2 aromatic rings. The molecule has 2 aromatic carbocycles. The van der Waals surface area contributed by atoms with E-state index in [1.165, 1.54) is 0 Å². The van der Waals surface area contributed by atoms with Crippen LogP contribution in [0, 0.1) is 13.8 Å². The first-order valence-electron chi connectivity index (χ1n) is 5.56. The number of hydrogen-bond donors (Lipinski definition) is 1. The van der Waals surface area contributed by atoms with Crippen molar-refractivity contribution < 1.29 is 4.79 Å². The second-order valence-corrected chi connectivity index (χ2v) is 4.24. The van der Waals surface area contributed by atoms with E-state index in [9.17, 15) is 4.79 Å². The number of benzene rings is 2. The summed E-state index contributed by atoms with van der Waals surface area (Å²) in [6.45, 7) is 3.89. The molecule has 0 heterocycles. The summed E-state index contributed by atoms with van der Waals surface area (Å²) in [7, 11) is 0. The third-order valence-corrected chi connectivity index (χ3v) is 2.77. The van der Waals surface area contributed by atoms with Gasteiger partial charge in [-0.05, 0) is 31.0 Å². The molecule has 0 aromatic heterocycles. The van der Waals surface area contributed by atoms with E-state index in [0.29, 0.717) is 16.8 Å². The molecule has 0 unspecified atom stereocenters. The van der Waals surface area contributed by atoms with Crippen LogP contribution in [0.25, 0.3) is 0 Å². The fourth-order valence-electron chi connectivity index (χ4n) is 2.04. The lowest BCUT2D eigenvalue weighted by Gasteiger charge is -2.09. The highest BCUT2D eigenvalue weighted by molar-refractivity contribution is 6.13. The quantitative estimate of drug-likeness (QED) is 0.630. The molecule has 2 N–H and O–H groups in total. The van der Waals surface area contributed by atoms with E-state index in [4.69, 9.17) is 5.73 Å². The number of nitrogen functional groups attached to an aromatic ring is 1. The summed E-state index contributed by atoms with van der Waals surface area (Å²) >= 11 is 0. The number of nitrogens with two attached hydrogens (primary N) is 1. The van der Waals surface area contributed by atoms with Crippen LogP contribution in [-0.4, -0.2) is 5.78 Å². The molecule has 0 fully saturated rings. The Morgan fingerprint density at radius 3 is 2.29 bits per heavy atom. The van der Waals surface area contributed by atoms with Gasteiger partial charge in [0.25, 0.3) is 0 Å². The summed E-state index contributed by atoms with van der Waals surface area (Å²) in [5.41, 5.74) is 9.78. The fourth-order valence-corrected chi connectivity index (χ4v) is 2.04. The Bertz CT molecular complexity index is 535. The second-order valence-electron chi connectivity index (χ2n) is 4.24. The van der Waals surface area contributed by atoms with Gasteiger partial charge in [0, 0.05) is 16.8 Å². The van der Waals surface area contributed by atoms with Crippen LogP contribution in [0.5, 0.6) is 0 Å². The van der Waals surface area contributed by atoms with Crippen molar-refractivity contribution in [2.45, 2.75) is 13.8 Å². The van der Waals surface area contributed by atoms with Gasteiger partial charge >= 0.3 is 0 Å². The summed E-state index contributed by atoms with van der Waals surface area (Å²) in [6.07, 6.45) is 0. The van der Waals surface area contributed by atoms with Gasteiger partial charge in [0.15, 0.2) is 5.78 Å². The number of carbonyl (C=O) groups is 1. The first-order chi connectivity index (χ1) is 8.09. The number of anilines is 1. The van der Waals surface area contributed by atoms with Crippen LogP contribution in [0.4, 0.5) is 5.69 Å². The van der Waals surface area contributed by atoms with Crippen LogP contribution >= 0.6 is 0 Å². The summed E-state index contributed by atoms with van der Waals surface area (Å²) in [5.74, 6) is -0.0133. The fraction of sp³-hybridized carbons (Fsp3) is 0.133. The molecule has 2 heteroatoms. The van der Waals surface area contributed by atoms with Gasteiger partial charge in [-0.25, -0.2) is 0 Å². The van der Waals surface area contributed by atoms with E-state index < -0.39 is 0 Å². The molecule has 0 atom stereocenters. The predicted molar refractivity (Wildman–Crippen MR) is 70.2 cm³/mol. The summed E-state index contributed by atoms with van der Waals surface area (Å²) in [4.78, 5) is 12.3. The first-order valence-corrected chi connectivity index (χ1v) is 5.56. The normalized spacial score (nSPS) is 10.2. The zero-order chi connectivity index (χ0) is 12.4. The van der Waals surface area contributed by atoms with E-state index in [2.05, 4.69) is 0 Å². The highest BCUT2D eigenvalue weighted by Gasteiger charge is 2.14. The Morgan fingerprint density at radius 2 is 1.71 bits per heavy atom. The molecular weight excluding hydrogens is 210 g/mol. The van der Waals surface area contributed by atoms with Crippen molar-refractivity contribution in [1.82, 2.24) is 0 Å². The van der Waals surface area contributed by atoms with Crippen molar-refractivity contribution in [1.29, 1.82) is 0 Å². The standard InChI is InChI=1S/C15H15NO/c1-10-8-11(2)14(13(16)9-10)15(17)12-6-4-3-5-7-12/h3-9H,16H2,1-2H3. The molecule has 0 radical (unpaired) electrons. The van der Waals surface area contributed by atoms with E-state index >= 15 is 0 Å². The van der Waals surface area contributed by atoms with Gasteiger partial charge < -0.3 is 5.73 Å². The minimum absolute atomic E-state index is 0.0133. The van der Waals surface area contributed by atoms with E-state index in [1.54, 1.807) is 12.1 Å². The molecule has 0 bridgehead atoms. The monoisotopic (exact) mass is 225 g/mol. The van der Waals surface area contributed by atoms with Gasteiger partial charge in [-0.1, -0.05) is 36.4 Å². The Kier molecular flexibility index (Phi) is 2.96. The number of ketones is 1. The van der Waals surface area contributed by atoms with Gasteiger partial charge in [-0.3, -0.25) is 4.79 Å². The molecule has 2 nitrogen and oxygen atoms in total. The molecule has 0 aliphatic rings. The maximum atomic E-state index is 12.3. The maximum Gasteiger partial charge on any atom is 0.195 e. The lowest BCUT2D eigenvalue weighted by molar-refractivity contribution is 0.103. The van der Waals surface area contributed by atoms with Crippen LogP contribution in [0.15, 0.2) is 42.5 Å². The molecule has 0 saturated heterocycles. The summed E-state index contributed by atoms with van der Waals surface area (Å²) in [5, 5.41) is 0. The second kappa shape index (κ2) is 4.42. The molecule has 0 aliphatic carbocycles. The van der Waals surface area contributed by atoms with Gasteiger partial charge in [-0.15, -0.1) is 0 Å². The summed E-state index contributed by atoms with van der Waals surface area (Å²) in [6, 6.07) is 13.0. The highest BCUT2D eigenvalue weighted by atomic mass is 16.1. The molecule has 0 amide bonds. The molecule has 2 rings (SSSR count). The lowest BCUT2D eigenvalue weighted by atomic mass is 9.96. The van der Waals surface area contributed by atoms with Crippen LogP contribution in [-0.2, 0) is 0 Å². The Morgan fingerprint density at radius 1 is 1.06 bits per heavy atom. The van der Waals surface area contributed by atoms with Gasteiger partial charge in [0.2, 0.25) is 0 Å². The van der Waals surface area contributed by atoms with Crippen LogP contribution in [0.1, 0.15) is 27.0 Å². The van der Waals surface area contributed by atoms with Crippen molar-refractivity contribution in [3.8, 4) is 0 Å². The molecule has 0 saturated carbocycles. The average molecular weight is 225 g/mol. The van der Waals surface area contributed by atoms with Gasteiger partial charge in [0.05, 0.1) is 0 Å². The minimum atomic E-state index is -0.0133. The number of aryl methyl sites for hydroxylation is 2. The Hall–Kier alpha value is -2.09. The number of hydrogen-bond acceptors (Lipinski definition) is 2. The Labute approximate surface area is 101 Å². The van der Waals surface area contributed by atoms with Crippen molar-refractivity contribution in [2.24, 2.45) is 0 Å². The zero-order valence-corrected chi connectivity index (χ0v) is 10.0. The Balaban J connectivity index is 2.52. The first kappa shape index (κ1) is 11.4. The van der Waals surface area contributed by atoms with Crippen LogP contribution in [0.3, 0.4) is 0 Å². The van der Waals surface area contributed by atoms with Crippen LogP contribution < -0.4 is 5.73 Å². The van der Waals surface area contributed by atoms with E-state index in [0.717, 1.165) is 11.1 Å². The van der Waals surface area contributed by atoms with Crippen molar-refractivity contribution >= 4 is 11.5 Å². The minimum Gasteiger partial charge on any atom is -0.398 e. The molecule has 0 aliphatic heterocycles. The molecule has 86 valence electrons. The topological polar surface area (TPSA) is 43.1 Å². The van der Waals surface area contributed by atoms with Crippen molar-refractivity contribution in [3.05, 3.63) is 64.7 Å². The third kappa shape index (κ3) is 2.21. The number of carbonyl (C=O) groups excluding carboxylic acids is 1. The predicted octanol–water partition coefficient (Wildman–Crippen LogP) is 3.12. The van der Waals surface area contributed by atoms with Gasteiger partial charge in [0.1, 0.15) is 0 Å². The highest BCUT2D eigenvalue weighted by Crippen LogP contribution is 2.22. The van der Waals surface area contributed by atoms with Gasteiger partial charge in [-0.2, -0.15) is 0 Å². The third-order valence-electron chi connectivity index (χ3n) is 2.77. The van der Waals surface area contributed by atoms with E-state index in [-0.39, 0.29) is 5.78 Å². The molecule has 17 heavy (non-hydrogen) atoms. The van der Waals surface area contributed by atoms with Crippen molar-refractivity contribution in [2.75, 3.05) is 5.73 Å². The lowest BCUT2D eigenvalue weighted by Crippen LogP contribution is -2.08. The van der Waals surface area contributed by atoms with Crippen LogP contribution in [0.2, 0.25) is 0 Å². The smallest absolute Gasteiger partial charge is 0.195 e. The zero-order valence-electron chi connectivity index (χ0n) is 10.0. The number of rotatable bonds is 2.